The first-order valence-electron chi connectivity index (χ1n) is 14.5. The highest BCUT2D eigenvalue weighted by atomic mass is 32.1. The number of fused-ring (bicyclic) bond motifs is 1. The van der Waals surface area contributed by atoms with Gasteiger partial charge in [-0.25, -0.2) is 0 Å². The summed E-state index contributed by atoms with van der Waals surface area (Å²) in [5.74, 6) is -0.591. The molecule has 0 radical (unpaired) electrons. The summed E-state index contributed by atoms with van der Waals surface area (Å²) in [4.78, 5) is 20.3. The fourth-order valence-corrected chi connectivity index (χ4v) is 5.59. The predicted molar refractivity (Wildman–Crippen MR) is 159 cm³/mol. The van der Waals surface area contributed by atoms with Gasteiger partial charge >= 0.3 is 10.9 Å². The summed E-state index contributed by atoms with van der Waals surface area (Å²) in [6.07, 6.45) is 19.5. The van der Waals surface area contributed by atoms with Crippen molar-refractivity contribution in [3.8, 4) is 28.0 Å². The number of unbranched alkanes of at least 4 members (excludes halogenated alkanes) is 14. The number of aromatic hydroxyl groups is 2. The zero-order valence-corrected chi connectivity index (χ0v) is 23.9. The molecular weight excluding hydrogens is 514 g/mol. The molecule has 3 N–H and O–H groups in total. The van der Waals surface area contributed by atoms with Crippen molar-refractivity contribution in [3.63, 3.8) is 0 Å². The molecular formula is C30H43N3O5S. The van der Waals surface area contributed by atoms with Crippen molar-refractivity contribution < 1.29 is 20.0 Å². The van der Waals surface area contributed by atoms with Gasteiger partial charge < -0.3 is 15.1 Å². The molecule has 0 aliphatic heterocycles. The Morgan fingerprint density at radius 2 is 1.46 bits per heavy atom. The number of nitrogens with one attached hydrogen (secondary N) is 1. The van der Waals surface area contributed by atoms with Crippen LogP contribution in [-0.4, -0.2) is 26.7 Å². The lowest BCUT2D eigenvalue weighted by Gasteiger charge is -2.14. The highest BCUT2D eigenvalue weighted by Gasteiger charge is 2.25. The Morgan fingerprint density at radius 3 is 2.03 bits per heavy atom. The van der Waals surface area contributed by atoms with E-state index in [-0.39, 0.29) is 16.5 Å². The van der Waals surface area contributed by atoms with Gasteiger partial charge in [-0.2, -0.15) is 10.5 Å². The van der Waals surface area contributed by atoms with Gasteiger partial charge in [-0.3, -0.25) is 10.1 Å². The maximum absolute atomic E-state index is 11.2. The van der Waals surface area contributed by atoms with Gasteiger partial charge in [0.25, 0.3) is 0 Å². The van der Waals surface area contributed by atoms with Gasteiger partial charge in [0, 0.05) is 11.9 Å². The van der Waals surface area contributed by atoms with Gasteiger partial charge in [0.15, 0.2) is 11.5 Å². The van der Waals surface area contributed by atoms with E-state index in [0.29, 0.717) is 17.5 Å². The standard InChI is InChI=1S/C30H43N3O5S/c1-2-3-4-5-6-7-8-9-10-11-12-13-14-15-18-21-31-38-27-25(29-32-28(35)30(39-29)33(36)37)22-23-19-16-17-20-24(23)26(27)34/h16-17,19-20,22,31,34-35H,2-15,18,21H2,1H3. The molecule has 0 aliphatic carbocycles. The van der Waals surface area contributed by atoms with Crippen molar-refractivity contribution in [2.75, 3.05) is 6.54 Å². The van der Waals surface area contributed by atoms with E-state index >= 15 is 0 Å². The first kappa shape index (κ1) is 30.6. The largest absolute Gasteiger partial charge is 0.504 e. The number of phenolic OH excluding ortho intramolecular Hbond substituents is 1. The molecule has 1 aromatic heterocycles. The summed E-state index contributed by atoms with van der Waals surface area (Å²) >= 11 is 0.738. The maximum Gasteiger partial charge on any atom is 0.387 e. The number of hydrogen-bond donors (Lipinski definition) is 3. The summed E-state index contributed by atoms with van der Waals surface area (Å²) in [6, 6.07) is 9.00. The average molecular weight is 558 g/mol. The first-order chi connectivity index (χ1) is 19.0. The molecule has 8 nitrogen and oxygen atoms in total. The molecule has 0 spiro atoms. The minimum absolute atomic E-state index is 0.0792. The number of nitrogens with zero attached hydrogens (tertiary/aromatic N) is 2. The number of rotatable bonds is 20. The smallest absolute Gasteiger partial charge is 0.387 e. The normalized spacial score (nSPS) is 11.3. The van der Waals surface area contributed by atoms with Crippen molar-refractivity contribution in [2.24, 2.45) is 0 Å². The molecule has 3 rings (SSSR count). The van der Waals surface area contributed by atoms with E-state index in [9.17, 15) is 20.3 Å². The Labute approximate surface area is 235 Å². The summed E-state index contributed by atoms with van der Waals surface area (Å²) in [5, 5.41) is 33.1. The third-order valence-electron chi connectivity index (χ3n) is 7.02. The number of hydroxylamine groups is 1. The second-order valence-corrected chi connectivity index (χ2v) is 11.2. The van der Waals surface area contributed by atoms with Crippen LogP contribution in [0, 0.1) is 10.1 Å². The molecule has 39 heavy (non-hydrogen) atoms. The summed E-state index contributed by atoms with van der Waals surface area (Å²) < 4.78 is 0. The van der Waals surface area contributed by atoms with Crippen molar-refractivity contribution in [1.82, 2.24) is 10.5 Å². The minimum Gasteiger partial charge on any atom is -0.504 e. The van der Waals surface area contributed by atoms with E-state index in [0.717, 1.165) is 29.6 Å². The van der Waals surface area contributed by atoms with Crippen molar-refractivity contribution in [3.05, 3.63) is 40.4 Å². The Balaban J connectivity index is 1.38. The molecule has 0 fully saturated rings. The minimum atomic E-state index is -0.674. The lowest BCUT2D eigenvalue weighted by atomic mass is 10.0. The zero-order valence-electron chi connectivity index (χ0n) is 23.1. The van der Waals surface area contributed by atoms with Crippen LogP contribution in [0.5, 0.6) is 17.4 Å². The summed E-state index contributed by atoms with van der Waals surface area (Å²) in [6.45, 7) is 2.87. The number of phenols is 1. The zero-order chi connectivity index (χ0) is 27.9. The maximum atomic E-state index is 11.2. The van der Waals surface area contributed by atoms with Gasteiger partial charge in [-0.15, -0.1) is 0 Å². The van der Waals surface area contributed by atoms with Crippen LogP contribution in [0.4, 0.5) is 5.00 Å². The molecule has 0 unspecified atom stereocenters. The molecule has 0 aliphatic rings. The first-order valence-corrected chi connectivity index (χ1v) is 15.3. The monoisotopic (exact) mass is 557 g/mol. The van der Waals surface area contributed by atoms with Crippen LogP contribution in [-0.2, 0) is 0 Å². The SMILES string of the molecule is CCCCCCCCCCCCCCCCCNOc1c(-c2nc(O)c([N+](=O)[O-])s2)cc2ccccc2c1O. The number of thiazole rings is 1. The van der Waals surface area contributed by atoms with Gasteiger partial charge in [-0.05, 0) is 29.2 Å². The third-order valence-corrected chi connectivity index (χ3v) is 8.05. The lowest BCUT2D eigenvalue weighted by molar-refractivity contribution is -0.381. The average Bonchev–Trinajstić information content (AvgIpc) is 3.33. The topological polar surface area (TPSA) is 118 Å². The van der Waals surface area contributed by atoms with Crippen molar-refractivity contribution >= 4 is 27.1 Å². The van der Waals surface area contributed by atoms with Crippen LogP contribution < -0.4 is 10.3 Å². The molecule has 0 amide bonds. The van der Waals surface area contributed by atoms with E-state index in [1.807, 2.05) is 18.2 Å². The highest BCUT2D eigenvalue weighted by Crippen LogP contribution is 2.46. The van der Waals surface area contributed by atoms with Crippen molar-refractivity contribution in [1.29, 1.82) is 0 Å². The number of aromatic nitrogens is 1. The van der Waals surface area contributed by atoms with Gasteiger partial charge in [-0.1, -0.05) is 121 Å². The van der Waals surface area contributed by atoms with Crippen LogP contribution in [0.2, 0.25) is 0 Å². The van der Waals surface area contributed by atoms with E-state index < -0.39 is 15.8 Å². The van der Waals surface area contributed by atoms with Crippen LogP contribution in [0.1, 0.15) is 103 Å². The second-order valence-electron chi connectivity index (χ2n) is 10.2. The molecule has 214 valence electrons. The summed E-state index contributed by atoms with van der Waals surface area (Å²) in [7, 11) is 0. The van der Waals surface area contributed by atoms with Gasteiger partial charge in [0.2, 0.25) is 0 Å². The summed E-state index contributed by atoms with van der Waals surface area (Å²) in [5.41, 5.74) is 3.31. The predicted octanol–water partition coefficient (Wildman–Crippen LogP) is 9.04. The van der Waals surface area contributed by atoms with Crippen LogP contribution in [0.25, 0.3) is 21.3 Å². The fraction of sp³-hybridized carbons (Fsp3) is 0.567. The molecule has 0 saturated heterocycles. The van der Waals surface area contributed by atoms with E-state index in [2.05, 4.69) is 17.4 Å². The fourth-order valence-electron chi connectivity index (χ4n) is 4.80. The molecule has 0 saturated carbocycles. The second kappa shape index (κ2) is 16.9. The lowest BCUT2D eigenvalue weighted by Crippen LogP contribution is -2.20. The highest BCUT2D eigenvalue weighted by molar-refractivity contribution is 7.18. The van der Waals surface area contributed by atoms with E-state index in [1.165, 1.54) is 83.5 Å². The molecule has 0 bridgehead atoms. The third kappa shape index (κ3) is 9.65. The molecule has 3 aromatic rings. The quantitative estimate of drug-likeness (QED) is 0.0720. The van der Waals surface area contributed by atoms with E-state index in [4.69, 9.17) is 4.84 Å². The Morgan fingerprint density at radius 1 is 0.897 bits per heavy atom. The molecule has 0 atom stereocenters. The van der Waals surface area contributed by atoms with Crippen molar-refractivity contribution in [2.45, 2.75) is 103 Å². The Bertz CT molecular complexity index is 1170. The number of benzene rings is 2. The molecule has 9 heteroatoms. The number of nitro groups is 1. The van der Waals surface area contributed by atoms with Gasteiger partial charge in [0.1, 0.15) is 5.01 Å². The Hall–Kier alpha value is -2.91. The molecule has 1 heterocycles. The molecule has 2 aromatic carbocycles. The van der Waals surface area contributed by atoms with Crippen LogP contribution >= 0.6 is 11.3 Å². The van der Waals surface area contributed by atoms with Crippen LogP contribution in [0.3, 0.4) is 0 Å². The number of hydrogen-bond acceptors (Lipinski definition) is 8. The van der Waals surface area contributed by atoms with Crippen LogP contribution in [0.15, 0.2) is 30.3 Å². The Kier molecular flexibility index (Phi) is 13.3. The van der Waals surface area contributed by atoms with E-state index in [1.54, 1.807) is 12.1 Å². The van der Waals surface area contributed by atoms with Gasteiger partial charge in [0.05, 0.1) is 10.5 Å².